The van der Waals surface area contributed by atoms with Crippen LogP contribution in [0, 0.1) is 5.92 Å². The van der Waals surface area contributed by atoms with Crippen molar-refractivity contribution in [2.75, 3.05) is 59.2 Å². The lowest BCUT2D eigenvalue weighted by Gasteiger charge is -2.37. The Balaban J connectivity index is 1.54. The molecule has 0 atom stereocenters. The Morgan fingerprint density at radius 1 is 0.926 bits per heavy atom. The van der Waals surface area contributed by atoms with E-state index in [1.807, 2.05) is 11.8 Å². The zero-order valence-corrected chi connectivity index (χ0v) is 17.7. The summed E-state index contributed by atoms with van der Waals surface area (Å²) in [5, 5.41) is 0. The van der Waals surface area contributed by atoms with Gasteiger partial charge >= 0.3 is 0 Å². The van der Waals surface area contributed by atoms with Crippen LogP contribution in [-0.4, -0.2) is 87.1 Å². The van der Waals surface area contributed by atoms with Gasteiger partial charge in [0.25, 0.3) is 0 Å². The minimum Gasteiger partial charge on any atom is -0.379 e. The van der Waals surface area contributed by atoms with Gasteiger partial charge in [-0.1, -0.05) is 13.8 Å². The number of piperidine rings is 2. The normalized spacial score (nSPS) is 20.5. The van der Waals surface area contributed by atoms with Crippen molar-refractivity contribution in [3.8, 4) is 0 Å². The molecule has 0 saturated carbocycles. The molecule has 0 aromatic carbocycles. The summed E-state index contributed by atoms with van der Waals surface area (Å²) in [7, 11) is 0. The fourth-order valence-corrected chi connectivity index (χ4v) is 3.94. The predicted molar refractivity (Wildman–Crippen MR) is 107 cm³/mol. The van der Waals surface area contributed by atoms with Crippen LogP contribution in [0.4, 0.5) is 0 Å². The van der Waals surface area contributed by atoms with Crippen LogP contribution in [0.5, 0.6) is 0 Å². The highest BCUT2D eigenvalue weighted by atomic mass is 16.5. The van der Waals surface area contributed by atoms with Gasteiger partial charge in [0.1, 0.15) is 0 Å². The molecule has 0 N–H and O–H groups in total. The molecule has 0 bridgehead atoms. The first-order valence-electron chi connectivity index (χ1n) is 10.9. The fourth-order valence-electron chi connectivity index (χ4n) is 3.94. The van der Waals surface area contributed by atoms with Gasteiger partial charge < -0.3 is 24.0 Å². The van der Waals surface area contributed by atoms with Crippen molar-refractivity contribution in [1.82, 2.24) is 9.80 Å². The van der Waals surface area contributed by atoms with E-state index in [9.17, 15) is 4.79 Å². The van der Waals surface area contributed by atoms with Crippen LogP contribution in [-0.2, 0) is 19.0 Å². The molecule has 2 fully saturated rings. The molecule has 2 heterocycles. The number of hydrogen-bond donors (Lipinski definition) is 0. The summed E-state index contributed by atoms with van der Waals surface area (Å²) >= 11 is 0. The highest BCUT2D eigenvalue weighted by molar-refractivity contribution is 5.76. The monoisotopic (exact) mass is 384 g/mol. The second-order valence-electron chi connectivity index (χ2n) is 8.17. The lowest BCUT2D eigenvalue weighted by molar-refractivity contribution is -0.136. The molecule has 2 rings (SSSR count). The van der Waals surface area contributed by atoms with E-state index in [2.05, 4.69) is 18.7 Å². The largest absolute Gasteiger partial charge is 0.379 e. The Bertz CT molecular complexity index is 403. The number of hydrogen-bond acceptors (Lipinski definition) is 5. The Morgan fingerprint density at radius 2 is 1.52 bits per heavy atom. The van der Waals surface area contributed by atoms with Gasteiger partial charge in [-0.05, 0) is 38.5 Å². The maximum atomic E-state index is 12.3. The zero-order valence-electron chi connectivity index (χ0n) is 17.7. The first-order valence-corrected chi connectivity index (χ1v) is 10.9. The Labute approximate surface area is 165 Å². The summed E-state index contributed by atoms with van der Waals surface area (Å²) in [5.74, 6) is 0.936. The second kappa shape index (κ2) is 12.7. The summed E-state index contributed by atoms with van der Waals surface area (Å²) in [5.41, 5.74) is 0. The molecule has 0 unspecified atom stereocenters. The summed E-state index contributed by atoms with van der Waals surface area (Å²) < 4.78 is 17.0. The summed E-state index contributed by atoms with van der Waals surface area (Å²) in [6, 6.07) is 0. The molecule has 158 valence electrons. The van der Waals surface area contributed by atoms with Crippen molar-refractivity contribution < 1.29 is 19.0 Å². The van der Waals surface area contributed by atoms with E-state index < -0.39 is 0 Å². The molecule has 0 aromatic heterocycles. The van der Waals surface area contributed by atoms with Gasteiger partial charge in [0.05, 0.1) is 38.4 Å². The molecule has 2 aliphatic rings. The Kier molecular flexibility index (Phi) is 10.6. The van der Waals surface area contributed by atoms with E-state index in [0.29, 0.717) is 45.1 Å². The van der Waals surface area contributed by atoms with Gasteiger partial charge in [0, 0.05) is 39.3 Å². The van der Waals surface area contributed by atoms with E-state index in [0.717, 1.165) is 57.8 Å². The van der Waals surface area contributed by atoms with Crippen LogP contribution in [0.2, 0.25) is 0 Å². The average molecular weight is 385 g/mol. The number of carbonyl (C=O) groups excluding carboxylic acids is 1. The summed E-state index contributed by atoms with van der Waals surface area (Å²) in [6.45, 7) is 14.0. The topological polar surface area (TPSA) is 51.2 Å². The van der Waals surface area contributed by atoms with Gasteiger partial charge in [-0.15, -0.1) is 0 Å². The van der Waals surface area contributed by atoms with Gasteiger partial charge in [-0.25, -0.2) is 0 Å². The predicted octanol–water partition coefficient (Wildman–Crippen LogP) is 2.56. The summed E-state index contributed by atoms with van der Waals surface area (Å²) in [4.78, 5) is 16.8. The third-order valence-corrected chi connectivity index (χ3v) is 5.37. The van der Waals surface area contributed by atoms with Crippen LogP contribution in [0.25, 0.3) is 0 Å². The van der Waals surface area contributed by atoms with Crippen molar-refractivity contribution in [1.29, 1.82) is 0 Å². The molecule has 0 radical (unpaired) electrons. The van der Waals surface area contributed by atoms with E-state index >= 15 is 0 Å². The molecule has 0 aromatic rings. The molecular formula is C21H40N2O4. The standard InChI is InChI=1S/C21H40N2O4/c1-4-25-15-16-26-14-9-21(24)23-12-7-20(8-13-23)27-19-5-10-22(11-6-19)17-18(2)3/h18-20H,4-17H2,1-3H3. The number of carbonyl (C=O) groups is 1. The lowest BCUT2D eigenvalue weighted by atomic mass is 10.0. The van der Waals surface area contributed by atoms with Gasteiger partial charge in [-0.2, -0.15) is 0 Å². The minimum absolute atomic E-state index is 0.201. The van der Waals surface area contributed by atoms with Crippen LogP contribution in [0.15, 0.2) is 0 Å². The molecule has 27 heavy (non-hydrogen) atoms. The van der Waals surface area contributed by atoms with E-state index in [1.54, 1.807) is 0 Å². The first kappa shape index (κ1) is 22.6. The third kappa shape index (κ3) is 8.90. The number of rotatable bonds is 11. The van der Waals surface area contributed by atoms with E-state index in [-0.39, 0.29) is 5.91 Å². The first-order chi connectivity index (χ1) is 13.1. The SMILES string of the molecule is CCOCCOCCC(=O)N1CCC(OC2CCN(CC(C)C)CC2)CC1. The minimum atomic E-state index is 0.201. The van der Waals surface area contributed by atoms with Crippen molar-refractivity contribution in [2.45, 2.75) is 65.1 Å². The molecule has 2 saturated heterocycles. The maximum absolute atomic E-state index is 12.3. The zero-order chi connectivity index (χ0) is 19.5. The average Bonchev–Trinajstić information content (AvgIpc) is 2.66. The molecule has 0 aliphatic carbocycles. The number of nitrogens with zero attached hydrogens (tertiary/aromatic N) is 2. The quantitative estimate of drug-likeness (QED) is 0.513. The van der Waals surface area contributed by atoms with Crippen molar-refractivity contribution >= 4 is 5.91 Å². The molecule has 0 spiro atoms. The number of ether oxygens (including phenoxy) is 3. The maximum Gasteiger partial charge on any atom is 0.224 e. The van der Waals surface area contributed by atoms with Crippen LogP contribution < -0.4 is 0 Å². The van der Waals surface area contributed by atoms with Crippen LogP contribution >= 0.6 is 0 Å². The van der Waals surface area contributed by atoms with Crippen molar-refractivity contribution in [3.63, 3.8) is 0 Å². The third-order valence-electron chi connectivity index (χ3n) is 5.37. The van der Waals surface area contributed by atoms with Crippen molar-refractivity contribution in [2.24, 2.45) is 5.92 Å². The molecule has 6 nitrogen and oxygen atoms in total. The van der Waals surface area contributed by atoms with Gasteiger partial charge in [0.2, 0.25) is 5.91 Å². The fraction of sp³-hybridized carbons (Fsp3) is 0.952. The van der Waals surface area contributed by atoms with Gasteiger partial charge in [-0.3, -0.25) is 4.79 Å². The van der Waals surface area contributed by atoms with Crippen molar-refractivity contribution in [3.05, 3.63) is 0 Å². The Hall–Kier alpha value is -0.690. The Morgan fingerprint density at radius 3 is 2.11 bits per heavy atom. The number of amides is 1. The molecule has 2 aliphatic heterocycles. The lowest BCUT2D eigenvalue weighted by Crippen LogP contribution is -2.44. The molecular weight excluding hydrogens is 344 g/mol. The van der Waals surface area contributed by atoms with Crippen LogP contribution in [0.3, 0.4) is 0 Å². The smallest absolute Gasteiger partial charge is 0.224 e. The highest BCUT2D eigenvalue weighted by Gasteiger charge is 2.27. The summed E-state index contributed by atoms with van der Waals surface area (Å²) in [6.07, 6.45) is 5.39. The van der Waals surface area contributed by atoms with E-state index in [1.165, 1.54) is 6.54 Å². The second-order valence-corrected chi connectivity index (χ2v) is 8.17. The molecule has 6 heteroatoms. The molecule has 1 amide bonds. The van der Waals surface area contributed by atoms with Gasteiger partial charge in [0.15, 0.2) is 0 Å². The number of likely N-dealkylation sites (tertiary alicyclic amines) is 2. The van der Waals surface area contributed by atoms with Crippen LogP contribution in [0.1, 0.15) is 52.9 Å². The van der Waals surface area contributed by atoms with E-state index in [4.69, 9.17) is 14.2 Å². The highest BCUT2D eigenvalue weighted by Crippen LogP contribution is 2.21.